The van der Waals surface area contributed by atoms with E-state index in [2.05, 4.69) is 0 Å². The fourth-order valence-corrected chi connectivity index (χ4v) is 3.61. The molecule has 0 N–H and O–H groups in total. The Balaban J connectivity index is 1.90. The molecule has 7 nitrogen and oxygen atoms in total. The number of carbonyl (C=O) groups is 1. The molecule has 0 aromatic heterocycles. The van der Waals surface area contributed by atoms with Crippen molar-refractivity contribution in [1.82, 2.24) is 0 Å². The number of amides is 1. The first-order chi connectivity index (χ1) is 17.4. The average molecular weight is 480 g/mol. The van der Waals surface area contributed by atoms with Crippen LogP contribution in [0.5, 0.6) is 5.75 Å². The molecule has 0 aliphatic heterocycles. The number of benzene rings is 4. The predicted octanol–water partition coefficient (Wildman–Crippen LogP) is 6.65. The number of non-ortho nitro benzene ring substituents is 1. The molecule has 1 amide bonds. The lowest BCUT2D eigenvalue weighted by Crippen LogP contribution is -2.37. The molecule has 0 aliphatic carbocycles. The van der Waals surface area contributed by atoms with Crippen LogP contribution < -0.4 is 9.64 Å². The molecule has 0 fully saturated rings. The van der Waals surface area contributed by atoms with Gasteiger partial charge in [-0.3, -0.25) is 19.8 Å². The maximum atomic E-state index is 13.9. The Kier molecular flexibility index (Phi) is 7.20. The third-order valence-electron chi connectivity index (χ3n) is 5.65. The number of nitro benzene ring substituents is 1. The van der Waals surface area contributed by atoms with Gasteiger partial charge in [0, 0.05) is 23.3 Å². The molecule has 0 heterocycles. The van der Waals surface area contributed by atoms with Gasteiger partial charge in [-0.15, -0.1) is 0 Å². The number of nitro groups is 1. The minimum absolute atomic E-state index is 0.0860. The summed E-state index contributed by atoms with van der Waals surface area (Å²) in [5, 5.41) is 11.1. The second kappa shape index (κ2) is 10.7. The number of methoxy groups -OCH3 is 1. The molecule has 0 radical (unpaired) electrons. The number of carbonyl (C=O) groups excluding carboxylic acids is 1. The van der Waals surface area contributed by atoms with Gasteiger partial charge in [0.15, 0.2) is 0 Å². The molecule has 4 rings (SSSR count). The third kappa shape index (κ3) is 5.47. The number of hydrogen-bond donors (Lipinski definition) is 0. The number of anilines is 1. The number of aliphatic imine (C=N–C) groups is 1. The van der Waals surface area contributed by atoms with Gasteiger partial charge >= 0.3 is 0 Å². The first-order valence-corrected chi connectivity index (χ1v) is 11.3. The molecule has 0 aliphatic rings. The first-order valence-electron chi connectivity index (χ1n) is 11.3. The van der Waals surface area contributed by atoms with Crippen LogP contribution in [-0.4, -0.2) is 23.8 Å². The molecule has 0 bridgehead atoms. The number of hydrogen-bond acceptors (Lipinski definition) is 5. The molecule has 0 saturated heterocycles. The largest absolute Gasteiger partial charge is 0.497 e. The first kappa shape index (κ1) is 24.3. The Morgan fingerprint density at radius 1 is 0.778 bits per heavy atom. The number of rotatable bonds is 6. The molecule has 0 atom stereocenters. The molecular formula is C29H25N3O4. The van der Waals surface area contributed by atoms with Gasteiger partial charge in [0.2, 0.25) is 0 Å². The van der Waals surface area contributed by atoms with Crippen molar-refractivity contribution in [2.75, 3.05) is 12.0 Å². The zero-order valence-electron chi connectivity index (χ0n) is 20.2. The van der Waals surface area contributed by atoms with Crippen molar-refractivity contribution in [2.24, 2.45) is 4.99 Å². The summed E-state index contributed by atoms with van der Waals surface area (Å²) in [6.07, 6.45) is 0. The highest BCUT2D eigenvalue weighted by molar-refractivity contribution is 6.28. The summed E-state index contributed by atoms with van der Waals surface area (Å²) in [5.74, 6) is 0.723. The van der Waals surface area contributed by atoms with Crippen LogP contribution in [0.15, 0.2) is 102 Å². The van der Waals surface area contributed by atoms with Crippen molar-refractivity contribution >= 4 is 28.8 Å². The normalized spacial score (nSPS) is 11.1. The van der Waals surface area contributed by atoms with Crippen molar-refractivity contribution in [2.45, 2.75) is 13.8 Å². The maximum Gasteiger partial charge on any atom is 0.269 e. The lowest BCUT2D eigenvalue weighted by Gasteiger charge is -2.25. The zero-order valence-corrected chi connectivity index (χ0v) is 20.2. The molecule has 7 heteroatoms. The fourth-order valence-electron chi connectivity index (χ4n) is 3.61. The standard InChI is InChI=1S/C29H25N3O4/c1-20-4-12-24(13-5-20)30-28(22-10-18-27(36-3)19-11-22)31(25-14-6-21(2)7-15-25)29(33)23-8-16-26(17-9-23)32(34)35/h4-19H,1-3H3. The van der Waals surface area contributed by atoms with Crippen molar-refractivity contribution in [1.29, 1.82) is 0 Å². The van der Waals surface area contributed by atoms with Crippen LogP contribution in [0.1, 0.15) is 27.0 Å². The van der Waals surface area contributed by atoms with E-state index < -0.39 is 4.92 Å². The Morgan fingerprint density at radius 2 is 1.31 bits per heavy atom. The predicted molar refractivity (Wildman–Crippen MR) is 141 cm³/mol. The Bertz CT molecular complexity index is 1390. The minimum Gasteiger partial charge on any atom is -0.497 e. The van der Waals surface area contributed by atoms with Gasteiger partial charge in [-0.05, 0) is 74.5 Å². The quantitative estimate of drug-likeness (QED) is 0.134. The van der Waals surface area contributed by atoms with Crippen LogP contribution in [0.4, 0.5) is 17.1 Å². The van der Waals surface area contributed by atoms with E-state index >= 15 is 0 Å². The van der Waals surface area contributed by atoms with E-state index in [0.717, 1.165) is 11.1 Å². The van der Waals surface area contributed by atoms with Gasteiger partial charge in [-0.1, -0.05) is 35.4 Å². The van der Waals surface area contributed by atoms with E-state index in [1.54, 1.807) is 7.11 Å². The van der Waals surface area contributed by atoms with E-state index in [1.807, 2.05) is 86.6 Å². The van der Waals surface area contributed by atoms with Crippen molar-refractivity contribution in [3.8, 4) is 5.75 Å². The highest BCUT2D eigenvalue weighted by Gasteiger charge is 2.25. The van der Waals surface area contributed by atoms with Crippen molar-refractivity contribution in [3.05, 3.63) is 129 Å². The second-order valence-corrected chi connectivity index (χ2v) is 8.28. The topological polar surface area (TPSA) is 85.0 Å². The summed E-state index contributed by atoms with van der Waals surface area (Å²) >= 11 is 0. The van der Waals surface area contributed by atoms with E-state index in [0.29, 0.717) is 34.1 Å². The van der Waals surface area contributed by atoms with Crippen LogP contribution >= 0.6 is 0 Å². The van der Waals surface area contributed by atoms with Crippen LogP contribution in [0, 0.1) is 24.0 Å². The number of amidine groups is 1. The van der Waals surface area contributed by atoms with Gasteiger partial charge in [0.1, 0.15) is 11.6 Å². The maximum absolute atomic E-state index is 13.9. The molecule has 180 valence electrons. The molecule has 0 spiro atoms. The summed E-state index contributed by atoms with van der Waals surface area (Å²) in [6, 6.07) is 28.1. The summed E-state index contributed by atoms with van der Waals surface area (Å²) in [6.45, 7) is 3.96. The highest BCUT2D eigenvalue weighted by Crippen LogP contribution is 2.26. The molecule has 4 aromatic rings. The Labute approximate surface area is 209 Å². The number of nitrogens with zero attached hydrogens (tertiary/aromatic N) is 3. The van der Waals surface area contributed by atoms with Gasteiger partial charge in [0.05, 0.1) is 23.4 Å². The van der Waals surface area contributed by atoms with Crippen LogP contribution in [0.3, 0.4) is 0 Å². The monoisotopic (exact) mass is 479 g/mol. The summed E-state index contributed by atoms with van der Waals surface area (Å²) in [5.41, 5.74) is 4.35. The van der Waals surface area contributed by atoms with E-state index in [4.69, 9.17) is 9.73 Å². The fraction of sp³-hybridized carbons (Fsp3) is 0.103. The van der Waals surface area contributed by atoms with Crippen LogP contribution in [0.25, 0.3) is 0 Å². The van der Waals surface area contributed by atoms with Gasteiger partial charge < -0.3 is 4.74 Å². The smallest absolute Gasteiger partial charge is 0.269 e. The second-order valence-electron chi connectivity index (χ2n) is 8.28. The molecule has 4 aromatic carbocycles. The third-order valence-corrected chi connectivity index (χ3v) is 5.65. The summed E-state index contributed by atoms with van der Waals surface area (Å²) < 4.78 is 5.31. The zero-order chi connectivity index (χ0) is 25.7. The lowest BCUT2D eigenvalue weighted by molar-refractivity contribution is -0.384. The van der Waals surface area contributed by atoms with Gasteiger partial charge in [-0.25, -0.2) is 4.99 Å². The van der Waals surface area contributed by atoms with Crippen LogP contribution in [-0.2, 0) is 0 Å². The van der Waals surface area contributed by atoms with Crippen molar-refractivity contribution in [3.63, 3.8) is 0 Å². The van der Waals surface area contributed by atoms with Gasteiger partial charge in [-0.2, -0.15) is 0 Å². The van der Waals surface area contributed by atoms with E-state index in [9.17, 15) is 14.9 Å². The molecular weight excluding hydrogens is 454 g/mol. The van der Waals surface area contributed by atoms with Crippen LogP contribution in [0.2, 0.25) is 0 Å². The number of ether oxygens (including phenoxy) is 1. The number of aryl methyl sites for hydroxylation is 2. The van der Waals surface area contributed by atoms with Gasteiger partial charge in [0.25, 0.3) is 11.6 Å². The average Bonchev–Trinajstić information content (AvgIpc) is 2.90. The highest BCUT2D eigenvalue weighted by atomic mass is 16.6. The van der Waals surface area contributed by atoms with Crippen molar-refractivity contribution < 1.29 is 14.5 Å². The molecule has 36 heavy (non-hydrogen) atoms. The Hall–Kier alpha value is -4.78. The Morgan fingerprint density at radius 3 is 1.83 bits per heavy atom. The van der Waals surface area contributed by atoms with E-state index in [-0.39, 0.29) is 11.6 Å². The SMILES string of the molecule is COc1ccc(C(=Nc2ccc(C)cc2)N(C(=O)c2ccc([N+](=O)[O-])cc2)c2ccc(C)cc2)cc1. The summed E-state index contributed by atoms with van der Waals surface area (Å²) in [4.78, 5) is 31.0. The van der Waals surface area contributed by atoms with E-state index in [1.165, 1.54) is 29.2 Å². The lowest BCUT2D eigenvalue weighted by atomic mass is 10.1. The molecule has 0 saturated carbocycles. The minimum atomic E-state index is -0.492. The summed E-state index contributed by atoms with van der Waals surface area (Å²) in [7, 11) is 1.59. The molecule has 0 unspecified atom stereocenters.